The minimum absolute atomic E-state index is 0. The highest BCUT2D eigenvalue weighted by Gasteiger charge is 2.10. The maximum absolute atomic E-state index is 11.3. The first-order chi connectivity index (χ1) is 7.69. The molecule has 1 N–H and O–H groups in total. The molecule has 86 valence electrons. The van der Waals surface area contributed by atoms with Crippen LogP contribution >= 0.6 is 0 Å². The van der Waals surface area contributed by atoms with Gasteiger partial charge in [0.05, 0.1) is 0 Å². The molecule has 1 amide bonds. The van der Waals surface area contributed by atoms with Gasteiger partial charge in [0.2, 0.25) is 5.91 Å². The molecule has 0 saturated carbocycles. The van der Waals surface area contributed by atoms with Crippen molar-refractivity contribution < 1.29 is 6.22 Å². The monoisotopic (exact) mass is 217 g/mol. The zero-order valence-electron chi connectivity index (χ0n) is 9.79. The van der Waals surface area contributed by atoms with Crippen LogP contribution in [0.15, 0.2) is 24.3 Å². The fraction of sp³-hybridized carbons (Fsp3) is 0.357. The van der Waals surface area contributed by atoms with E-state index >= 15 is 0 Å². The van der Waals surface area contributed by atoms with Gasteiger partial charge in [-0.3, -0.25) is 4.79 Å². The Hall–Kier alpha value is -1.57. The number of allylic oxidation sites excluding steroid dienone is 1. The molecule has 1 aromatic rings. The van der Waals surface area contributed by atoms with E-state index < -0.39 is 0 Å². The van der Waals surface area contributed by atoms with Crippen molar-refractivity contribution in [3.63, 3.8) is 0 Å². The second kappa shape index (κ2) is 4.52. The summed E-state index contributed by atoms with van der Waals surface area (Å²) in [7, 11) is 0. The molecule has 0 radical (unpaired) electrons. The van der Waals surface area contributed by atoms with Crippen molar-refractivity contribution in [3.05, 3.63) is 35.4 Å². The first kappa shape index (κ1) is 10.9. The van der Waals surface area contributed by atoms with Crippen LogP contribution in [0.5, 0.6) is 0 Å². The lowest BCUT2D eigenvalue weighted by atomic mass is 9.90. The van der Waals surface area contributed by atoms with E-state index in [4.69, 9.17) is 0 Å². The van der Waals surface area contributed by atoms with Crippen molar-refractivity contribution >= 4 is 17.7 Å². The molecule has 2 nitrogen and oxygen atoms in total. The largest absolute Gasteiger partial charge is 0.326 e. The molecule has 0 unspecified atom stereocenters. The van der Waals surface area contributed by atoms with Gasteiger partial charge < -0.3 is 5.32 Å². The number of carbonyl (C=O) groups is 1. The molecule has 2 heteroatoms. The highest BCUT2D eigenvalue weighted by Crippen LogP contribution is 2.25. The fourth-order valence-electron chi connectivity index (χ4n) is 1.95. The number of hydrogen-bond acceptors (Lipinski definition) is 1. The summed E-state index contributed by atoms with van der Waals surface area (Å²) < 4.78 is 0. The molecule has 2 rings (SSSR count). The molecule has 0 spiro atoms. The number of amides is 1. The zero-order valence-corrected chi connectivity index (χ0v) is 9.79. The van der Waals surface area contributed by atoms with E-state index in [1.807, 2.05) is 19.1 Å². The number of benzene rings is 1. The summed E-state index contributed by atoms with van der Waals surface area (Å²) in [4.78, 5) is 11.3. The Balaban J connectivity index is 0.00000144. The van der Waals surface area contributed by atoms with E-state index in [1.165, 1.54) is 11.1 Å². The molecular weight excluding hydrogens is 198 g/mol. The summed E-state index contributed by atoms with van der Waals surface area (Å²) in [5.41, 5.74) is 3.49. The van der Waals surface area contributed by atoms with Crippen LogP contribution in [0.3, 0.4) is 0 Å². The Morgan fingerprint density at radius 3 is 3.12 bits per heavy atom. The van der Waals surface area contributed by atoms with Gasteiger partial charge >= 0.3 is 0 Å². The van der Waals surface area contributed by atoms with Crippen molar-refractivity contribution in [1.29, 1.82) is 0 Å². The molecule has 1 atom stereocenters. The van der Waals surface area contributed by atoms with Gasteiger partial charge in [-0.1, -0.05) is 32.1 Å². The smallest absolute Gasteiger partial charge is 0.224 e. The van der Waals surface area contributed by atoms with E-state index in [2.05, 4.69) is 30.5 Å². The maximum Gasteiger partial charge on any atom is 0.224 e. The van der Waals surface area contributed by atoms with Crippen LogP contribution in [0.25, 0.3) is 6.08 Å². The van der Waals surface area contributed by atoms with Crippen LogP contribution in [-0.4, -0.2) is 5.91 Å². The molecule has 0 bridgehead atoms. The zero-order chi connectivity index (χ0) is 11.5. The Morgan fingerprint density at radius 2 is 2.38 bits per heavy atom. The molecule has 0 aliphatic heterocycles. The Bertz CT molecular complexity index is 440. The second-order valence-corrected chi connectivity index (χ2v) is 4.36. The third kappa shape index (κ3) is 2.32. The van der Waals surface area contributed by atoms with Gasteiger partial charge in [0.15, 0.2) is 0 Å². The van der Waals surface area contributed by atoms with Crippen LogP contribution in [0, 0.1) is 5.92 Å². The molecule has 0 heterocycles. The summed E-state index contributed by atoms with van der Waals surface area (Å²) in [5.74, 6) is 0.677. The molecule has 1 aliphatic rings. The van der Waals surface area contributed by atoms with E-state index in [0.717, 1.165) is 12.1 Å². The molecule has 16 heavy (non-hydrogen) atoms. The minimum atomic E-state index is 0. The minimum Gasteiger partial charge on any atom is -0.326 e. The van der Waals surface area contributed by atoms with Crippen LogP contribution in [0.4, 0.5) is 5.69 Å². The summed E-state index contributed by atoms with van der Waals surface area (Å²) in [6, 6.07) is 6.14. The SMILES string of the molecule is CCC(=O)Nc1ccc2c(c1)C=C[C@@H](C)C2.[HH]. The highest BCUT2D eigenvalue weighted by molar-refractivity contribution is 5.90. The number of rotatable bonds is 2. The third-order valence-electron chi connectivity index (χ3n) is 2.90. The van der Waals surface area contributed by atoms with Crippen molar-refractivity contribution in [2.75, 3.05) is 5.32 Å². The lowest BCUT2D eigenvalue weighted by Gasteiger charge is -2.16. The van der Waals surface area contributed by atoms with Crippen LogP contribution in [0.1, 0.15) is 32.8 Å². The van der Waals surface area contributed by atoms with E-state index in [-0.39, 0.29) is 7.33 Å². The summed E-state index contributed by atoms with van der Waals surface area (Å²) in [6.45, 7) is 4.07. The van der Waals surface area contributed by atoms with Gasteiger partial charge in [-0.2, -0.15) is 0 Å². The number of hydrogen-bond donors (Lipinski definition) is 1. The Labute approximate surface area is 97.9 Å². The molecule has 1 aliphatic carbocycles. The average Bonchev–Trinajstić information content (AvgIpc) is 2.29. The molecule has 0 saturated heterocycles. The predicted molar refractivity (Wildman–Crippen MR) is 69.4 cm³/mol. The van der Waals surface area contributed by atoms with Gasteiger partial charge in [0.1, 0.15) is 0 Å². The molecule has 0 aromatic heterocycles. The third-order valence-corrected chi connectivity index (χ3v) is 2.90. The Morgan fingerprint density at radius 1 is 1.56 bits per heavy atom. The van der Waals surface area contributed by atoms with Crippen LogP contribution < -0.4 is 5.32 Å². The summed E-state index contributed by atoms with van der Waals surface area (Å²) in [6.07, 6.45) is 5.97. The second-order valence-electron chi connectivity index (χ2n) is 4.36. The normalized spacial score (nSPS) is 18.0. The highest BCUT2D eigenvalue weighted by atomic mass is 16.1. The lowest BCUT2D eigenvalue weighted by molar-refractivity contribution is -0.115. The van der Waals surface area contributed by atoms with E-state index in [0.29, 0.717) is 12.3 Å². The van der Waals surface area contributed by atoms with Crippen molar-refractivity contribution in [2.45, 2.75) is 26.7 Å². The van der Waals surface area contributed by atoms with Gasteiger partial charge in [0, 0.05) is 13.5 Å². The fourth-order valence-corrected chi connectivity index (χ4v) is 1.95. The predicted octanol–water partition coefficient (Wildman–Crippen LogP) is 3.49. The van der Waals surface area contributed by atoms with Gasteiger partial charge in [-0.05, 0) is 35.6 Å². The van der Waals surface area contributed by atoms with Crippen LogP contribution in [0.2, 0.25) is 0 Å². The van der Waals surface area contributed by atoms with Gasteiger partial charge in [0.25, 0.3) is 0 Å². The molecule has 0 fully saturated rings. The topological polar surface area (TPSA) is 29.1 Å². The maximum atomic E-state index is 11.3. The number of carbonyl (C=O) groups excluding carboxylic acids is 1. The first-order valence-corrected chi connectivity index (χ1v) is 5.80. The number of fused-ring (bicyclic) bond motifs is 1. The number of nitrogens with one attached hydrogen (secondary N) is 1. The van der Waals surface area contributed by atoms with Gasteiger partial charge in [-0.25, -0.2) is 0 Å². The molecule has 1 aromatic carbocycles. The van der Waals surface area contributed by atoms with E-state index in [1.54, 1.807) is 0 Å². The van der Waals surface area contributed by atoms with Crippen LogP contribution in [-0.2, 0) is 11.2 Å². The summed E-state index contributed by atoms with van der Waals surface area (Å²) in [5, 5.41) is 2.88. The van der Waals surface area contributed by atoms with Gasteiger partial charge in [-0.15, -0.1) is 0 Å². The quantitative estimate of drug-likeness (QED) is 0.807. The number of anilines is 1. The molecular formula is C14H19NO. The lowest BCUT2D eigenvalue weighted by Crippen LogP contribution is -2.10. The van der Waals surface area contributed by atoms with Crippen molar-refractivity contribution in [3.8, 4) is 0 Å². The van der Waals surface area contributed by atoms with Crippen molar-refractivity contribution in [2.24, 2.45) is 5.92 Å². The first-order valence-electron chi connectivity index (χ1n) is 5.80. The van der Waals surface area contributed by atoms with Crippen molar-refractivity contribution in [1.82, 2.24) is 0 Å². The van der Waals surface area contributed by atoms with E-state index in [9.17, 15) is 4.79 Å². The standard InChI is InChI=1S/C14H17NO.H2/c1-3-14(16)15-13-7-6-11-8-10(2)4-5-12(11)9-13;/h4-7,9-10H,3,8H2,1-2H3,(H,15,16);1H/t10-;/m1./s1. The average molecular weight is 217 g/mol. The Kier molecular flexibility index (Phi) is 3.09. The summed E-state index contributed by atoms with van der Waals surface area (Å²) >= 11 is 0.